The van der Waals surface area contributed by atoms with Gasteiger partial charge in [0.25, 0.3) is 5.91 Å². The third kappa shape index (κ3) is 4.21. The molecule has 1 amide bonds. The third-order valence-corrected chi connectivity index (χ3v) is 2.79. The quantitative estimate of drug-likeness (QED) is 0.859. The lowest BCUT2D eigenvalue weighted by molar-refractivity contribution is -0.274. The highest BCUT2D eigenvalue weighted by molar-refractivity contribution is 6.05. The molecule has 0 saturated heterocycles. The van der Waals surface area contributed by atoms with Crippen LogP contribution < -0.4 is 10.1 Å². The lowest BCUT2D eigenvalue weighted by Gasteiger charge is -2.10. The van der Waals surface area contributed by atoms with Gasteiger partial charge < -0.3 is 10.1 Å². The molecule has 0 aromatic heterocycles. The fourth-order valence-corrected chi connectivity index (χ4v) is 1.78. The number of anilines is 1. The molecular formula is C15H11F4NO2. The monoisotopic (exact) mass is 313 g/mol. The fourth-order valence-electron chi connectivity index (χ4n) is 1.78. The average molecular weight is 313 g/mol. The first-order valence-electron chi connectivity index (χ1n) is 6.18. The first-order valence-corrected chi connectivity index (χ1v) is 6.18. The number of aryl methyl sites for hydroxylation is 1. The van der Waals surface area contributed by atoms with Gasteiger partial charge in [-0.2, -0.15) is 0 Å². The van der Waals surface area contributed by atoms with Crippen LogP contribution in [0.25, 0.3) is 0 Å². The SMILES string of the molecule is Cc1ccc(F)cc1C(=O)Nc1ccc(OC(F)(F)F)cc1. The molecule has 2 rings (SSSR count). The number of halogens is 4. The Morgan fingerprint density at radius 3 is 2.32 bits per heavy atom. The van der Waals surface area contributed by atoms with Crippen LogP contribution in [0.2, 0.25) is 0 Å². The number of carbonyl (C=O) groups is 1. The second kappa shape index (κ2) is 6.05. The molecule has 0 aliphatic carbocycles. The van der Waals surface area contributed by atoms with Crippen molar-refractivity contribution in [3.05, 3.63) is 59.4 Å². The van der Waals surface area contributed by atoms with Gasteiger partial charge in [0, 0.05) is 11.3 Å². The summed E-state index contributed by atoms with van der Waals surface area (Å²) in [6, 6.07) is 8.44. The molecule has 0 radical (unpaired) electrons. The lowest BCUT2D eigenvalue weighted by Crippen LogP contribution is -2.17. The molecular weight excluding hydrogens is 302 g/mol. The molecule has 2 aromatic carbocycles. The van der Waals surface area contributed by atoms with E-state index in [4.69, 9.17) is 0 Å². The van der Waals surface area contributed by atoms with Crippen molar-refractivity contribution in [2.75, 3.05) is 5.32 Å². The predicted octanol–water partition coefficient (Wildman–Crippen LogP) is 4.29. The molecule has 2 aromatic rings. The van der Waals surface area contributed by atoms with E-state index in [2.05, 4.69) is 10.1 Å². The highest BCUT2D eigenvalue weighted by atomic mass is 19.4. The molecule has 0 saturated carbocycles. The van der Waals surface area contributed by atoms with E-state index >= 15 is 0 Å². The highest BCUT2D eigenvalue weighted by Crippen LogP contribution is 2.24. The molecule has 0 atom stereocenters. The zero-order valence-corrected chi connectivity index (χ0v) is 11.4. The Hall–Kier alpha value is -2.57. The maximum Gasteiger partial charge on any atom is 0.573 e. The molecule has 0 spiro atoms. The van der Waals surface area contributed by atoms with Gasteiger partial charge in [-0.05, 0) is 48.9 Å². The van der Waals surface area contributed by atoms with E-state index in [1.165, 1.54) is 24.3 Å². The lowest BCUT2D eigenvalue weighted by atomic mass is 10.1. The molecule has 1 N–H and O–H groups in total. The van der Waals surface area contributed by atoms with Gasteiger partial charge in [-0.3, -0.25) is 4.79 Å². The van der Waals surface area contributed by atoms with E-state index in [1.54, 1.807) is 6.92 Å². The van der Waals surface area contributed by atoms with Crippen LogP contribution in [0.1, 0.15) is 15.9 Å². The largest absolute Gasteiger partial charge is 0.573 e. The van der Waals surface area contributed by atoms with Crippen molar-refractivity contribution in [2.45, 2.75) is 13.3 Å². The van der Waals surface area contributed by atoms with Gasteiger partial charge in [-0.15, -0.1) is 13.2 Å². The molecule has 0 heterocycles. The Balaban J connectivity index is 2.10. The van der Waals surface area contributed by atoms with Gasteiger partial charge in [0.1, 0.15) is 11.6 Å². The summed E-state index contributed by atoms with van der Waals surface area (Å²) in [6.45, 7) is 1.65. The minimum atomic E-state index is -4.77. The van der Waals surface area contributed by atoms with Gasteiger partial charge in [-0.25, -0.2) is 4.39 Å². The van der Waals surface area contributed by atoms with E-state index < -0.39 is 23.8 Å². The third-order valence-electron chi connectivity index (χ3n) is 2.79. The van der Waals surface area contributed by atoms with Crippen LogP contribution in [0.15, 0.2) is 42.5 Å². The number of benzene rings is 2. The van der Waals surface area contributed by atoms with E-state index in [9.17, 15) is 22.4 Å². The number of hydrogen-bond acceptors (Lipinski definition) is 2. The highest BCUT2D eigenvalue weighted by Gasteiger charge is 2.30. The van der Waals surface area contributed by atoms with Crippen LogP contribution in [0, 0.1) is 12.7 Å². The Kier molecular flexibility index (Phi) is 4.35. The molecule has 0 fully saturated rings. The number of alkyl halides is 3. The number of rotatable bonds is 3. The predicted molar refractivity (Wildman–Crippen MR) is 72.2 cm³/mol. The summed E-state index contributed by atoms with van der Waals surface area (Å²) in [5.74, 6) is -1.50. The molecule has 0 aliphatic rings. The number of ether oxygens (including phenoxy) is 1. The summed E-state index contributed by atoms with van der Waals surface area (Å²) < 4.78 is 53.0. The molecule has 0 aliphatic heterocycles. The van der Waals surface area contributed by atoms with E-state index in [1.807, 2.05) is 0 Å². The zero-order valence-electron chi connectivity index (χ0n) is 11.4. The van der Waals surface area contributed by atoms with Crippen molar-refractivity contribution in [3.8, 4) is 5.75 Å². The molecule has 7 heteroatoms. The Bertz CT molecular complexity index is 681. The molecule has 3 nitrogen and oxygen atoms in total. The minimum Gasteiger partial charge on any atom is -0.406 e. The Morgan fingerprint density at radius 2 is 1.73 bits per heavy atom. The zero-order chi connectivity index (χ0) is 16.3. The summed E-state index contributed by atoms with van der Waals surface area (Å²) in [7, 11) is 0. The van der Waals surface area contributed by atoms with Gasteiger partial charge in [0.05, 0.1) is 0 Å². The van der Waals surface area contributed by atoms with Crippen molar-refractivity contribution >= 4 is 11.6 Å². The topological polar surface area (TPSA) is 38.3 Å². The van der Waals surface area contributed by atoms with Gasteiger partial charge in [0.2, 0.25) is 0 Å². The molecule has 0 bridgehead atoms. The van der Waals surface area contributed by atoms with E-state index in [0.29, 0.717) is 5.56 Å². The summed E-state index contributed by atoms with van der Waals surface area (Å²) in [4.78, 5) is 12.0. The molecule has 116 valence electrons. The summed E-state index contributed by atoms with van der Waals surface area (Å²) in [5, 5.41) is 2.47. The average Bonchev–Trinajstić information content (AvgIpc) is 2.42. The Labute approximate surface area is 123 Å². The minimum absolute atomic E-state index is 0.149. The van der Waals surface area contributed by atoms with E-state index in [0.717, 1.165) is 18.2 Å². The second-order valence-corrected chi connectivity index (χ2v) is 4.49. The van der Waals surface area contributed by atoms with Crippen molar-refractivity contribution in [1.29, 1.82) is 0 Å². The van der Waals surface area contributed by atoms with Gasteiger partial charge >= 0.3 is 6.36 Å². The van der Waals surface area contributed by atoms with Crippen molar-refractivity contribution in [3.63, 3.8) is 0 Å². The number of hydrogen-bond donors (Lipinski definition) is 1. The number of amides is 1. The normalized spacial score (nSPS) is 11.1. The Morgan fingerprint density at radius 1 is 1.09 bits per heavy atom. The van der Waals surface area contributed by atoms with Crippen LogP contribution in [0.3, 0.4) is 0 Å². The summed E-state index contributed by atoms with van der Waals surface area (Å²) >= 11 is 0. The molecule has 0 unspecified atom stereocenters. The number of carbonyl (C=O) groups excluding carboxylic acids is 1. The van der Waals surface area contributed by atoms with Crippen LogP contribution in [-0.2, 0) is 0 Å². The van der Waals surface area contributed by atoms with Crippen LogP contribution in [0.4, 0.5) is 23.2 Å². The van der Waals surface area contributed by atoms with Crippen molar-refractivity contribution in [1.82, 2.24) is 0 Å². The second-order valence-electron chi connectivity index (χ2n) is 4.49. The van der Waals surface area contributed by atoms with Gasteiger partial charge in [-0.1, -0.05) is 6.07 Å². The smallest absolute Gasteiger partial charge is 0.406 e. The van der Waals surface area contributed by atoms with Crippen molar-refractivity contribution < 1.29 is 27.1 Å². The maximum absolute atomic E-state index is 13.2. The number of nitrogens with one attached hydrogen (secondary N) is 1. The van der Waals surface area contributed by atoms with Crippen LogP contribution >= 0.6 is 0 Å². The van der Waals surface area contributed by atoms with Crippen LogP contribution in [0.5, 0.6) is 5.75 Å². The van der Waals surface area contributed by atoms with Crippen molar-refractivity contribution in [2.24, 2.45) is 0 Å². The van der Waals surface area contributed by atoms with E-state index in [-0.39, 0.29) is 11.3 Å². The first kappa shape index (κ1) is 15.8. The summed E-state index contributed by atoms with van der Waals surface area (Å²) in [6.07, 6.45) is -4.77. The standard InChI is InChI=1S/C15H11F4NO2/c1-9-2-3-10(16)8-13(9)14(21)20-11-4-6-12(7-5-11)22-15(17,18)19/h2-8H,1H3,(H,20,21). The summed E-state index contributed by atoms with van der Waals surface area (Å²) in [5.41, 5.74) is 0.995. The van der Waals surface area contributed by atoms with Gasteiger partial charge in [0.15, 0.2) is 0 Å². The van der Waals surface area contributed by atoms with Crippen LogP contribution in [-0.4, -0.2) is 12.3 Å². The maximum atomic E-state index is 13.2. The molecule has 22 heavy (non-hydrogen) atoms. The fraction of sp³-hybridized carbons (Fsp3) is 0.133. The first-order chi connectivity index (χ1) is 10.2.